The van der Waals surface area contributed by atoms with Crippen molar-refractivity contribution >= 4 is 11.9 Å². The third kappa shape index (κ3) is 3.31. The van der Waals surface area contributed by atoms with Crippen LogP contribution < -0.4 is 9.47 Å². The van der Waals surface area contributed by atoms with Crippen molar-refractivity contribution in [2.45, 2.75) is 72.6 Å². The van der Waals surface area contributed by atoms with Crippen LogP contribution in [-0.4, -0.2) is 11.9 Å². The number of fused-ring (bicyclic) bond motifs is 5. The molecule has 25 heavy (non-hydrogen) atoms. The van der Waals surface area contributed by atoms with Crippen LogP contribution in [0.25, 0.3) is 0 Å². The SMILES string of the molecule is CC(C)(C)C(=O)Oc1ccc(OC(=O)C(C)(C)C)c2c1C1CCC2C1. The molecule has 2 aliphatic rings. The second kappa shape index (κ2) is 5.86. The lowest BCUT2D eigenvalue weighted by Crippen LogP contribution is -2.27. The molecule has 136 valence electrons. The fraction of sp³-hybridized carbons (Fsp3) is 0.619. The van der Waals surface area contributed by atoms with E-state index in [4.69, 9.17) is 9.47 Å². The summed E-state index contributed by atoms with van der Waals surface area (Å²) in [5.74, 6) is 1.59. The van der Waals surface area contributed by atoms with E-state index in [0.29, 0.717) is 23.3 Å². The van der Waals surface area contributed by atoms with E-state index in [-0.39, 0.29) is 11.9 Å². The number of carbonyl (C=O) groups excluding carboxylic acids is 2. The Labute approximate surface area is 149 Å². The van der Waals surface area contributed by atoms with E-state index in [1.807, 2.05) is 41.5 Å². The molecule has 1 aromatic rings. The van der Waals surface area contributed by atoms with E-state index in [1.54, 1.807) is 12.1 Å². The second-order valence-corrected chi connectivity index (χ2v) is 9.38. The third-order valence-corrected chi connectivity index (χ3v) is 5.09. The van der Waals surface area contributed by atoms with Crippen molar-refractivity contribution in [3.63, 3.8) is 0 Å². The zero-order valence-corrected chi connectivity index (χ0v) is 16.1. The lowest BCUT2D eigenvalue weighted by atomic mass is 9.89. The Morgan fingerprint density at radius 1 is 0.800 bits per heavy atom. The van der Waals surface area contributed by atoms with Gasteiger partial charge in [-0.15, -0.1) is 0 Å². The summed E-state index contributed by atoms with van der Waals surface area (Å²) in [6.07, 6.45) is 3.27. The maximum absolute atomic E-state index is 12.3. The molecule has 1 fully saturated rings. The molecule has 2 aliphatic carbocycles. The van der Waals surface area contributed by atoms with Crippen molar-refractivity contribution < 1.29 is 19.1 Å². The molecule has 0 radical (unpaired) electrons. The standard InChI is InChI=1S/C21H28O4/c1-20(2,3)18(22)24-14-9-10-15(25-19(23)21(4,5)6)17-13-8-7-12(11-13)16(14)17/h9-10,12-13H,7-8,11H2,1-6H3. The Kier molecular flexibility index (Phi) is 4.21. The van der Waals surface area contributed by atoms with Crippen LogP contribution in [0.2, 0.25) is 0 Å². The minimum absolute atomic E-state index is 0.239. The van der Waals surface area contributed by atoms with E-state index >= 15 is 0 Å². The molecule has 2 atom stereocenters. The molecular formula is C21H28O4. The molecule has 3 rings (SSSR count). The van der Waals surface area contributed by atoms with Crippen molar-refractivity contribution in [3.8, 4) is 11.5 Å². The Morgan fingerprint density at radius 3 is 1.48 bits per heavy atom. The average Bonchev–Trinajstić information content (AvgIpc) is 3.09. The van der Waals surface area contributed by atoms with E-state index in [0.717, 1.165) is 30.4 Å². The molecule has 1 saturated carbocycles. The Balaban J connectivity index is 1.97. The lowest BCUT2D eigenvalue weighted by Gasteiger charge is -2.24. The average molecular weight is 344 g/mol. The number of esters is 2. The van der Waals surface area contributed by atoms with Crippen molar-refractivity contribution in [3.05, 3.63) is 23.3 Å². The largest absolute Gasteiger partial charge is 0.426 e. The molecular weight excluding hydrogens is 316 g/mol. The van der Waals surface area contributed by atoms with Gasteiger partial charge >= 0.3 is 11.9 Å². The normalized spacial score (nSPS) is 21.8. The van der Waals surface area contributed by atoms with Gasteiger partial charge in [0.05, 0.1) is 10.8 Å². The van der Waals surface area contributed by atoms with Gasteiger partial charge in [0.1, 0.15) is 11.5 Å². The smallest absolute Gasteiger partial charge is 0.316 e. The number of carbonyl (C=O) groups is 2. The highest BCUT2D eigenvalue weighted by Gasteiger charge is 2.42. The predicted molar refractivity (Wildman–Crippen MR) is 96.0 cm³/mol. The summed E-state index contributed by atoms with van der Waals surface area (Å²) in [5, 5.41) is 0. The summed E-state index contributed by atoms with van der Waals surface area (Å²) < 4.78 is 11.4. The van der Waals surface area contributed by atoms with Gasteiger partial charge in [-0.1, -0.05) is 0 Å². The quantitative estimate of drug-likeness (QED) is 0.562. The van der Waals surface area contributed by atoms with Gasteiger partial charge < -0.3 is 9.47 Å². The maximum atomic E-state index is 12.3. The van der Waals surface area contributed by atoms with Gasteiger partial charge in [-0.3, -0.25) is 9.59 Å². The highest BCUT2D eigenvalue weighted by atomic mass is 16.5. The third-order valence-electron chi connectivity index (χ3n) is 5.09. The molecule has 0 N–H and O–H groups in total. The number of rotatable bonds is 2. The summed E-state index contributed by atoms with van der Waals surface area (Å²) >= 11 is 0. The molecule has 0 aliphatic heterocycles. The first-order chi connectivity index (χ1) is 11.5. The van der Waals surface area contributed by atoms with E-state index < -0.39 is 10.8 Å². The van der Waals surface area contributed by atoms with Crippen LogP contribution in [0.4, 0.5) is 0 Å². The van der Waals surface area contributed by atoms with Crippen LogP contribution in [0, 0.1) is 10.8 Å². The van der Waals surface area contributed by atoms with Crippen LogP contribution in [0.15, 0.2) is 12.1 Å². The summed E-state index contributed by atoms with van der Waals surface area (Å²) in [5.41, 5.74) is 1.05. The van der Waals surface area contributed by atoms with Crippen LogP contribution in [0.3, 0.4) is 0 Å². The van der Waals surface area contributed by atoms with Crippen molar-refractivity contribution in [1.29, 1.82) is 0 Å². The Hall–Kier alpha value is -1.84. The first kappa shape index (κ1) is 18.0. The van der Waals surface area contributed by atoms with Crippen molar-refractivity contribution in [2.75, 3.05) is 0 Å². The van der Waals surface area contributed by atoms with Gasteiger partial charge in [-0.25, -0.2) is 0 Å². The molecule has 2 bridgehead atoms. The van der Waals surface area contributed by atoms with Gasteiger partial charge in [-0.2, -0.15) is 0 Å². The van der Waals surface area contributed by atoms with Crippen LogP contribution in [-0.2, 0) is 9.59 Å². The van der Waals surface area contributed by atoms with Crippen LogP contribution in [0.1, 0.15) is 83.8 Å². The zero-order valence-electron chi connectivity index (χ0n) is 16.1. The summed E-state index contributed by atoms with van der Waals surface area (Å²) in [6.45, 7) is 11.1. The Morgan fingerprint density at radius 2 is 1.16 bits per heavy atom. The summed E-state index contributed by atoms with van der Waals surface area (Å²) in [6, 6.07) is 3.57. The Bertz CT molecular complexity index is 658. The van der Waals surface area contributed by atoms with Gasteiger partial charge in [0.2, 0.25) is 0 Å². The van der Waals surface area contributed by atoms with Gasteiger partial charge in [-0.05, 0) is 84.8 Å². The number of benzene rings is 1. The molecule has 4 nitrogen and oxygen atoms in total. The minimum Gasteiger partial charge on any atom is -0.426 e. The monoisotopic (exact) mass is 344 g/mol. The predicted octanol–water partition coefficient (Wildman–Crippen LogP) is 4.95. The first-order valence-corrected chi connectivity index (χ1v) is 9.10. The number of ether oxygens (including phenoxy) is 2. The van der Waals surface area contributed by atoms with Gasteiger partial charge in [0.15, 0.2) is 0 Å². The van der Waals surface area contributed by atoms with E-state index in [2.05, 4.69) is 0 Å². The molecule has 0 saturated heterocycles. The molecule has 0 heterocycles. The minimum atomic E-state index is -0.554. The highest BCUT2D eigenvalue weighted by molar-refractivity contribution is 5.80. The first-order valence-electron chi connectivity index (χ1n) is 9.10. The van der Waals surface area contributed by atoms with Crippen LogP contribution in [0.5, 0.6) is 11.5 Å². The highest BCUT2D eigenvalue weighted by Crippen LogP contribution is 2.58. The second-order valence-electron chi connectivity index (χ2n) is 9.38. The molecule has 1 aromatic carbocycles. The molecule has 4 heteroatoms. The fourth-order valence-electron chi connectivity index (χ4n) is 3.63. The van der Waals surface area contributed by atoms with Gasteiger partial charge in [0, 0.05) is 11.1 Å². The zero-order chi connectivity index (χ0) is 18.6. The maximum Gasteiger partial charge on any atom is 0.316 e. The number of hydrogen-bond donors (Lipinski definition) is 0. The van der Waals surface area contributed by atoms with Crippen molar-refractivity contribution in [2.24, 2.45) is 10.8 Å². The fourth-order valence-corrected chi connectivity index (χ4v) is 3.63. The molecule has 0 aromatic heterocycles. The number of hydrogen-bond acceptors (Lipinski definition) is 4. The van der Waals surface area contributed by atoms with Crippen molar-refractivity contribution in [1.82, 2.24) is 0 Å². The molecule has 2 unspecified atom stereocenters. The molecule has 0 amide bonds. The lowest BCUT2D eigenvalue weighted by molar-refractivity contribution is -0.144. The topological polar surface area (TPSA) is 52.6 Å². The van der Waals surface area contributed by atoms with Crippen LogP contribution >= 0.6 is 0 Å². The summed E-state index contributed by atoms with van der Waals surface area (Å²) in [4.78, 5) is 24.7. The van der Waals surface area contributed by atoms with Gasteiger partial charge in [0.25, 0.3) is 0 Å². The molecule has 0 spiro atoms. The van der Waals surface area contributed by atoms with E-state index in [1.165, 1.54) is 0 Å². The van der Waals surface area contributed by atoms with E-state index in [9.17, 15) is 9.59 Å². The summed E-state index contributed by atoms with van der Waals surface area (Å²) in [7, 11) is 0.